The lowest BCUT2D eigenvalue weighted by atomic mass is 10.2. The molecule has 0 aliphatic rings. The number of aromatic amines is 1. The molecule has 6 nitrogen and oxygen atoms in total. The highest BCUT2D eigenvalue weighted by molar-refractivity contribution is 5.53. The topological polar surface area (TPSA) is 79.4 Å². The van der Waals surface area contributed by atoms with Crippen molar-refractivity contribution < 1.29 is 0 Å². The Morgan fingerprint density at radius 2 is 2.12 bits per heavy atom. The Hall–Kier alpha value is -1.98. The molecule has 0 bridgehead atoms. The SMILES string of the molecule is CCNc1nc(-c2ncn[nH]2)nc(CC)c1C. The first kappa shape index (κ1) is 11.5. The van der Waals surface area contributed by atoms with E-state index in [1.807, 2.05) is 13.8 Å². The Bertz CT molecular complexity index is 491. The van der Waals surface area contributed by atoms with Crippen LogP contribution in [0.15, 0.2) is 6.33 Å². The Labute approximate surface area is 99.9 Å². The molecule has 90 valence electrons. The van der Waals surface area contributed by atoms with Crippen molar-refractivity contribution in [2.45, 2.75) is 27.2 Å². The van der Waals surface area contributed by atoms with Crippen LogP contribution in [0.1, 0.15) is 25.1 Å². The van der Waals surface area contributed by atoms with Crippen LogP contribution in [-0.4, -0.2) is 31.7 Å². The highest BCUT2D eigenvalue weighted by Gasteiger charge is 2.12. The van der Waals surface area contributed by atoms with Crippen LogP contribution in [0.5, 0.6) is 0 Å². The summed E-state index contributed by atoms with van der Waals surface area (Å²) in [7, 11) is 0. The van der Waals surface area contributed by atoms with Crippen LogP contribution in [0.3, 0.4) is 0 Å². The smallest absolute Gasteiger partial charge is 0.199 e. The van der Waals surface area contributed by atoms with Crippen molar-refractivity contribution in [1.82, 2.24) is 25.1 Å². The largest absolute Gasteiger partial charge is 0.370 e. The van der Waals surface area contributed by atoms with Gasteiger partial charge in [0.2, 0.25) is 0 Å². The maximum atomic E-state index is 4.49. The molecule has 2 aromatic rings. The summed E-state index contributed by atoms with van der Waals surface area (Å²) in [6.07, 6.45) is 2.32. The molecule has 17 heavy (non-hydrogen) atoms. The first-order valence-corrected chi connectivity index (χ1v) is 5.73. The summed E-state index contributed by atoms with van der Waals surface area (Å²) in [5.41, 5.74) is 2.12. The number of anilines is 1. The van der Waals surface area contributed by atoms with Crippen LogP contribution in [0.25, 0.3) is 11.6 Å². The van der Waals surface area contributed by atoms with Crippen molar-refractivity contribution in [2.75, 3.05) is 11.9 Å². The van der Waals surface area contributed by atoms with Crippen molar-refractivity contribution in [3.63, 3.8) is 0 Å². The van der Waals surface area contributed by atoms with Crippen LogP contribution < -0.4 is 5.32 Å². The minimum Gasteiger partial charge on any atom is -0.370 e. The summed E-state index contributed by atoms with van der Waals surface area (Å²) < 4.78 is 0. The minimum atomic E-state index is 0.584. The maximum Gasteiger partial charge on any atom is 0.199 e. The number of aromatic nitrogens is 5. The van der Waals surface area contributed by atoms with Crippen molar-refractivity contribution in [2.24, 2.45) is 0 Å². The fourth-order valence-electron chi connectivity index (χ4n) is 1.67. The van der Waals surface area contributed by atoms with Crippen LogP contribution in [0.2, 0.25) is 0 Å². The first-order chi connectivity index (χ1) is 8.26. The molecule has 0 spiro atoms. The van der Waals surface area contributed by atoms with Gasteiger partial charge in [-0.2, -0.15) is 5.10 Å². The zero-order chi connectivity index (χ0) is 12.3. The standard InChI is InChI=1S/C11H16N6/c1-4-8-7(3)9(12-5-2)16-11(15-8)10-13-6-14-17-10/h6H,4-5H2,1-3H3,(H,12,15,16)(H,13,14,17). The molecule has 6 heteroatoms. The van der Waals surface area contributed by atoms with E-state index >= 15 is 0 Å². The van der Waals surface area contributed by atoms with Gasteiger partial charge in [-0.3, -0.25) is 5.10 Å². The van der Waals surface area contributed by atoms with E-state index in [0.717, 1.165) is 30.0 Å². The Kier molecular flexibility index (Phi) is 3.32. The average molecular weight is 232 g/mol. The molecule has 0 saturated heterocycles. The molecule has 0 fully saturated rings. The zero-order valence-corrected chi connectivity index (χ0v) is 10.3. The normalized spacial score (nSPS) is 10.5. The fourth-order valence-corrected chi connectivity index (χ4v) is 1.67. The first-order valence-electron chi connectivity index (χ1n) is 5.73. The Balaban J connectivity index is 2.50. The zero-order valence-electron chi connectivity index (χ0n) is 10.3. The summed E-state index contributed by atoms with van der Waals surface area (Å²) >= 11 is 0. The monoisotopic (exact) mass is 232 g/mol. The van der Waals surface area contributed by atoms with Crippen LogP contribution in [-0.2, 0) is 6.42 Å². The van der Waals surface area contributed by atoms with E-state index in [4.69, 9.17) is 0 Å². The number of nitrogens with zero attached hydrogens (tertiary/aromatic N) is 4. The second-order valence-corrected chi connectivity index (χ2v) is 3.69. The highest BCUT2D eigenvalue weighted by atomic mass is 15.2. The molecule has 0 saturated carbocycles. The lowest BCUT2D eigenvalue weighted by Gasteiger charge is -2.11. The second-order valence-electron chi connectivity index (χ2n) is 3.69. The average Bonchev–Trinajstić information content (AvgIpc) is 2.85. The summed E-state index contributed by atoms with van der Waals surface area (Å²) in [5, 5.41) is 9.83. The lowest BCUT2D eigenvalue weighted by molar-refractivity contribution is 0.955. The van der Waals surface area contributed by atoms with Gasteiger partial charge < -0.3 is 5.32 Å². The van der Waals surface area contributed by atoms with Crippen LogP contribution >= 0.6 is 0 Å². The molecule has 0 atom stereocenters. The predicted molar refractivity (Wildman–Crippen MR) is 65.7 cm³/mol. The summed E-state index contributed by atoms with van der Waals surface area (Å²) in [6, 6.07) is 0. The molecule has 2 aromatic heterocycles. The molecular formula is C11H16N6. The van der Waals surface area contributed by atoms with Crippen molar-refractivity contribution in [3.05, 3.63) is 17.6 Å². The Morgan fingerprint density at radius 1 is 1.29 bits per heavy atom. The van der Waals surface area contributed by atoms with Gasteiger partial charge >= 0.3 is 0 Å². The number of rotatable bonds is 4. The van der Waals surface area contributed by atoms with E-state index in [1.54, 1.807) is 0 Å². The van der Waals surface area contributed by atoms with Gasteiger partial charge in [0.1, 0.15) is 12.1 Å². The van der Waals surface area contributed by atoms with E-state index in [0.29, 0.717) is 11.6 Å². The van der Waals surface area contributed by atoms with Gasteiger partial charge in [0.15, 0.2) is 11.6 Å². The lowest BCUT2D eigenvalue weighted by Crippen LogP contribution is -2.08. The summed E-state index contributed by atoms with van der Waals surface area (Å²) in [6.45, 7) is 6.98. The second kappa shape index (κ2) is 4.90. The van der Waals surface area contributed by atoms with Crippen molar-refractivity contribution >= 4 is 5.82 Å². The third kappa shape index (κ3) is 2.25. The van der Waals surface area contributed by atoms with Gasteiger partial charge in [-0.1, -0.05) is 6.92 Å². The fraction of sp³-hybridized carbons (Fsp3) is 0.455. The van der Waals surface area contributed by atoms with E-state index in [-0.39, 0.29) is 0 Å². The van der Waals surface area contributed by atoms with Gasteiger partial charge in [0, 0.05) is 17.8 Å². The molecule has 0 aliphatic carbocycles. The molecule has 0 unspecified atom stereocenters. The number of hydrogen-bond donors (Lipinski definition) is 2. The molecular weight excluding hydrogens is 216 g/mol. The van der Waals surface area contributed by atoms with Crippen molar-refractivity contribution in [1.29, 1.82) is 0 Å². The van der Waals surface area contributed by atoms with Gasteiger partial charge in [-0.25, -0.2) is 15.0 Å². The van der Waals surface area contributed by atoms with Gasteiger partial charge in [0.05, 0.1) is 0 Å². The molecule has 0 amide bonds. The van der Waals surface area contributed by atoms with E-state index in [1.165, 1.54) is 6.33 Å². The maximum absolute atomic E-state index is 4.49. The van der Waals surface area contributed by atoms with Gasteiger partial charge in [-0.15, -0.1) is 0 Å². The van der Waals surface area contributed by atoms with E-state index < -0.39 is 0 Å². The molecule has 0 aliphatic heterocycles. The molecule has 0 aromatic carbocycles. The number of H-pyrrole nitrogens is 1. The van der Waals surface area contributed by atoms with Gasteiger partial charge in [0.25, 0.3) is 0 Å². The highest BCUT2D eigenvalue weighted by Crippen LogP contribution is 2.19. The molecule has 2 heterocycles. The number of aryl methyl sites for hydroxylation is 1. The van der Waals surface area contributed by atoms with E-state index in [9.17, 15) is 0 Å². The molecule has 2 N–H and O–H groups in total. The van der Waals surface area contributed by atoms with Crippen LogP contribution in [0.4, 0.5) is 5.82 Å². The molecule has 2 rings (SSSR count). The Morgan fingerprint density at radius 3 is 2.71 bits per heavy atom. The summed E-state index contributed by atoms with van der Waals surface area (Å²) in [5.74, 6) is 2.05. The number of hydrogen-bond acceptors (Lipinski definition) is 5. The van der Waals surface area contributed by atoms with Crippen molar-refractivity contribution in [3.8, 4) is 11.6 Å². The van der Waals surface area contributed by atoms with Gasteiger partial charge in [-0.05, 0) is 20.3 Å². The quantitative estimate of drug-likeness (QED) is 0.836. The third-order valence-corrected chi connectivity index (χ3v) is 2.55. The summed E-state index contributed by atoms with van der Waals surface area (Å²) in [4.78, 5) is 13.0. The number of nitrogens with one attached hydrogen (secondary N) is 2. The third-order valence-electron chi connectivity index (χ3n) is 2.55. The van der Waals surface area contributed by atoms with E-state index in [2.05, 4.69) is 37.4 Å². The van der Waals surface area contributed by atoms with Crippen LogP contribution in [0, 0.1) is 6.92 Å². The molecule has 0 radical (unpaired) electrons. The predicted octanol–water partition coefficient (Wildman–Crippen LogP) is 1.56. The minimum absolute atomic E-state index is 0.584.